The van der Waals surface area contributed by atoms with Crippen LogP contribution in [0.5, 0.6) is 0 Å². The number of aliphatic hydroxyl groups excluding tert-OH is 1. The predicted octanol–water partition coefficient (Wildman–Crippen LogP) is 0.171. The van der Waals surface area contributed by atoms with Crippen LogP contribution < -0.4 is 4.90 Å². The van der Waals surface area contributed by atoms with Crippen molar-refractivity contribution < 1.29 is 5.11 Å². The Kier molecular flexibility index (Phi) is 3.18. The molecule has 2 rings (SSSR count). The summed E-state index contributed by atoms with van der Waals surface area (Å²) in [6.45, 7) is 2.44. The Morgan fingerprint density at radius 1 is 1.60 bits per heavy atom. The lowest BCUT2D eigenvalue weighted by Crippen LogP contribution is -2.22. The number of β-amino-alcohol motifs (C(OH)–C–C–N with tert-alkyl or cyclic N) is 1. The number of rotatable bonds is 3. The highest BCUT2D eigenvalue weighted by atomic mass is 32.1. The van der Waals surface area contributed by atoms with Gasteiger partial charge in [0.25, 0.3) is 0 Å². The van der Waals surface area contributed by atoms with Gasteiger partial charge in [-0.2, -0.15) is 4.37 Å². The summed E-state index contributed by atoms with van der Waals surface area (Å²) in [5.41, 5.74) is 0. The van der Waals surface area contributed by atoms with Crippen LogP contribution in [-0.2, 0) is 6.54 Å². The van der Waals surface area contributed by atoms with Gasteiger partial charge in [0.05, 0.1) is 12.6 Å². The van der Waals surface area contributed by atoms with Gasteiger partial charge in [0, 0.05) is 38.7 Å². The van der Waals surface area contributed by atoms with Crippen LogP contribution in [0.25, 0.3) is 0 Å². The minimum absolute atomic E-state index is 0.169. The molecule has 84 valence electrons. The molecular weight excluding hydrogens is 212 g/mol. The van der Waals surface area contributed by atoms with Crippen molar-refractivity contribution in [1.82, 2.24) is 14.3 Å². The van der Waals surface area contributed by atoms with Crippen molar-refractivity contribution in [3.63, 3.8) is 0 Å². The van der Waals surface area contributed by atoms with E-state index in [1.165, 1.54) is 11.5 Å². The average molecular weight is 228 g/mol. The molecule has 0 radical (unpaired) electrons. The normalized spacial score (nSPS) is 22.2. The van der Waals surface area contributed by atoms with Gasteiger partial charge >= 0.3 is 0 Å². The van der Waals surface area contributed by atoms with E-state index in [0.29, 0.717) is 0 Å². The van der Waals surface area contributed by atoms with Crippen LogP contribution in [0.3, 0.4) is 0 Å². The molecule has 6 heteroatoms. The average Bonchev–Trinajstić information content (AvgIpc) is 2.76. The number of anilines is 1. The summed E-state index contributed by atoms with van der Waals surface area (Å²) in [7, 11) is 3.92. The molecule has 0 amide bonds. The van der Waals surface area contributed by atoms with Crippen LogP contribution in [0.4, 0.5) is 5.13 Å². The molecule has 0 unspecified atom stereocenters. The van der Waals surface area contributed by atoms with Gasteiger partial charge in [-0.25, -0.2) is 4.98 Å². The number of aliphatic hydroxyl groups is 1. The molecule has 0 saturated carbocycles. The number of likely N-dealkylation sites (tertiary alicyclic amines) is 1. The summed E-state index contributed by atoms with van der Waals surface area (Å²) in [5.74, 6) is 0.859. The lowest BCUT2D eigenvalue weighted by Gasteiger charge is -2.11. The zero-order chi connectivity index (χ0) is 10.8. The third kappa shape index (κ3) is 2.64. The standard InChI is InChI=1S/C9H16N4OS/c1-12(2)9-10-8(11-15-9)6-13-4-3-7(14)5-13/h7,14H,3-6H2,1-2H3/t7-/m0/s1. The number of aromatic nitrogens is 2. The van der Waals surface area contributed by atoms with Gasteiger partial charge in [0.1, 0.15) is 0 Å². The number of nitrogens with zero attached hydrogens (tertiary/aromatic N) is 4. The summed E-state index contributed by atoms with van der Waals surface area (Å²) in [6, 6.07) is 0. The minimum Gasteiger partial charge on any atom is -0.392 e. The van der Waals surface area contributed by atoms with Crippen LogP contribution in [0.15, 0.2) is 0 Å². The fourth-order valence-electron chi connectivity index (χ4n) is 1.65. The van der Waals surface area contributed by atoms with Crippen LogP contribution in [0, 0.1) is 0 Å². The molecule has 1 aromatic rings. The third-order valence-corrected chi connectivity index (χ3v) is 3.37. The highest BCUT2D eigenvalue weighted by molar-refractivity contribution is 7.09. The zero-order valence-corrected chi connectivity index (χ0v) is 9.87. The minimum atomic E-state index is -0.169. The second kappa shape index (κ2) is 4.42. The maximum atomic E-state index is 9.38. The molecule has 0 bridgehead atoms. The second-order valence-electron chi connectivity index (χ2n) is 4.07. The Hall–Kier alpha value is -0.720. The lowest BCUT2D eigenvalue weighted by atomic mass is 10.3. The first-order valence-electron chi connectivity index (χ1n) is 5.05. The maximum Gasteiger partial charge on any atom is 0.204 e. The topological polar surface area (TPSA) is 52.5 Å². The van der Waals surface area contributed by atoms with E-state index in [-0.39, 0.29) is 6.10 Å². The molecule has 1 atom stereocenters. The molecule has 15 heavy (non-hydrogen) atoms. The number of hydrogen-bond donors (Lipinski definition) is 1. The molecule has 0 aromatic carbocycles. The van der Waals surface area contributed by atoms with Crippen molar-refractivity contribution in [3.8, 4) is 0 Å². The molecular formula is C9H16N4OS. The quantitative estimate of drug-likeness (QED) is 0.799. The smallest absolute Gasteiger partial charge is 0.204 e. The second-order valence-corrected chi connectivity index (χ2v) is 4.80. The molecule has 1 aliphatic rings. The van der Waals surface area contributed by atoms with Gasteiger partial charge in [-0.3, -0.25) is 4.90 Å². The first kappa shape index (κ1) is 10.8. The van der Waals surface area contributed by atoms with Gasteiger partial charge < -0.3 is 10.0 Å². The van der Waals surface area contributed by atoms with E-state index < -0.39 is 0 Å². The monoisotopic (exact) mass is 228 g/mol. The molecule has 5 nitrogen and oxygen atoms in total. The molecule has 0 aliphatic carbocycles. The van der Waals surface area contributed by atoms with E-state index in [0.717, 1.165) is 37.0 Å². The van der Waals surface area contributed by atoms with Gasteiger partial charge in [0.2, 0.25) is 5.13 Å². The van der Waals surface area contributed by atoms with Crippen LogP contribution in [0.2, 0.25) is 0 Å². The summed E-state index contributed by atoms with van der Waals surface area (Å²) in [4.78, 5) is 8.55. The van der Waals surface area contributed by atoms with E-state index >= 15 is 0 Å². The van der Waals surface area contributed by atoms with E-state index in [1.807, 2.05) is 19.0 Å². The Balaban J connectivity index is 1.93. The molecule has 1 aliphatic heterocycles. The van der Waals surface area contributed by atoms with Crippen molar-refractivity contribution in [2.24, 2.45) is 0 Å². The lowest BCUT2D eigenvalue weighted by molar-refractivity contribution is 0.174. The van der Waals surface area contributed by atoms with Gasteiger partial charge in [-0.05, 0) is 6.42 Å². The highest BCUT2D eigenvalue weighted by Gasteiger charge is 2.21. The van der Waals surface area contributed by atoms with Crippen molar-refractivity contribution >= 4 is 16.7 Å². The first-order chi connectivity index (χ1) is 7.15. The van der Waals surface area contributed by atoms with Crippen molar-refractivity contribution in [2.75, 3.05) is 32.1 Å². The summed E-state index contributed by atoms with van der Waals surface area (Å²) in [6.07, 6.45) is 0.696. The largest absolute Gasteiger partial charge is 0.392 e. The summed E-state index contributed by atoms with van der Waals surface area (Å²) < 4.78 is 4.29. The van der Waals surface area contributed by atoms with Gasteiger partial charge in [-0.15, -0.1) is 0 Å². The molecule has 1 fully saturated rings. The van der Waals surface area contributed by atoms with E-state index in [4.69, 9.17) is 0 Å². The highest BCUT2D eigenvalue weighted by Crippen LogP contribution is 2.17. The van der Waals surface area contributed by atoms with Crippen molar-refractivity contribution in [3.05, 3.63) is 5.82 Å². The third-order valence-electron chi connectivity index (χ3n) is 2.45. The van der Waals surface area contributed by atoms with Crippen LogP contribution >= 0.6 is 11.5 Å². The molecule has 1 N–H and O–H groups in total. The van der Waals surface area contributed by atoms with Gasteiger partial charge in [0.15, 0.2) is 5.82 Å². The Bertz CT molecular complexity index is 328. The van der Waals surface area contributed by atoms with Crippen molar-refractivity contribution in [1.29, 1.82) is 0 Å². The molecule has 2 heterocycles. The van der Waals surface area contributed by atoms with Crippen LogP contribution in [0.1, 0.15) is 12.2 Å². The molecule has 1 saturated heterocycles. The fraction of sp³-hybridized carbons (Fsp3) is 0.778. The van der Waals surface area contributed by atoms with Crippen LogP contribution in [-0.4, -0.2) is 52.7 Å². The van der Waals surface area contributed by atoms with E-state index in [1.54, 1.807) is 0 Å². The molecule has 1 aromatic heterocycles. The summed E-state index contributed by atoms with van der Waals surface area (Å²) in [5, 5.41) is 10.3. The van der Waals surface area contributed by atoms with Crippen molar-refractivity contribution in [2.45, 2.75) is 19.1 Å². The van der Waals surface area contributed by atoms with Gasteiger partial charge in [-0.1, -0.05) is 0 Å². The zero-order valence-electron chi connectivity index (χ0n) is 9.05. The Morgan fingerprint density at radius 2 is 2.40 bits per heavy atom. The molecule has 0 spiro atoms. The Morgan fingerprint density at radius 3 is 2.93 bits per heavy atom. The first-order valence-corrected chi connectivity index (χ1v) is 5.83. The van der Waals surface area contributed by atoms with E-state index in [9.17, 15) is 5.11 Å². The maximum absolute atomic E-state index is 9.38. The summed E-state index contributed by atoms with van der Waals surface area (Å²) >= 11 is 1.42. The Labute approximate surface area is 93.5 Å². The number of hydrogen-bond acceptors (Lipinski definition) is 6. The predicted molar refractivity (Wildman–Crippen MR) is 60.1 cm³/mol. The van der Waals surface area contributed by atoms with E-state index in [2.05, 4.69) is 14.3 Å². The fourth-order valence-corrected chi connectivity index (χ4v) is 2.24. The SMILES string of the molecule is CN(C)c1nc(CN2CC[C@H](O)C2)ns1.